The number of aromatic nitrogens is 4. The summed E-state index contributed by atoms with van der Waals surface area (Å²) in [5.74, 6) is -6.97. The molecule has 41 heavy (non-hydrogen) atoms. The number of hydrogen-bond donors (Lipinski definition) is 4. The van der Waals surface area contributed by atoms with Crippen LogP contribution >= 0.6 is 27.5 Å². The Bertz CT molecular complexity index is 1620. The minimum atomic E-state index is -1.91. The van der Waals surface area contributed by atoms with Gasteiger partial charge in [0.1, 0.15) is 35.7 Å². The molecule has 6 rings (SSSR count). The molecule has 2 aliphatic heterocycles. The first-order valence-corrected chi connectivity index (χ1v) is 13.9. The van der Waals surface area contributed by atoms with Gasteiger partial charge in [0.25, 0.3) is 5.91 Å². The average molecular weight is 656 g/mol. The maximum Gasteiger partial charge on any atom is 0.272 e. The highest BCUT2D eigenvalue weighted by molar-refractivity contribution is 9.10. The lowest BCUT2D eigenvalue weighted by atomic mass is 9.86. The second-order valence-electron chi connectivity index (χ2n) is 9.66. The summed E-state index contributed by atoms with van der Waals surface area (Å²) in [6.45, 7) is -0.623. The number of benzene rings is 2. The van der Waals surface area contributed by atoms with Crippen molar-refractivity contribution < 1.29 is 42.8 Å². The van der Waals surface area contributed by atoms with Gasteiger partial charge in [-0.15, -0.1) is 5.10 Å². The zero-order valence-corrected chi connectivity index (χ0v) is 23.2. The predicted octanol–water partition coefficient (Wildman–Crippen LogP) is 2.30. The fraction of sp³-hybridized carbons (Fsp3) is 0.360. The molecule has 216 valence electrons. The van der Waals surface area contributed by atoms with Gasteiger partial charge in [-0.3, -0.25) is 4.79 Å². The largest absolute Gasteiger partial charge is 0.394 e. The van der Waals surface area contributed by atoms with Gasteiger partial charge in [-0.25, -0.2) is 17.9 Å². The fourth-order valence-corrected chi connectivity index (χ4v) is 6.57. The van der Waals surface area contributed by atoms with Crippen LogP contribution in [0.15, 0.2) is 41.0 Å². The number of aliphatic hydroxyl groups is 3. The molecule has 4 N–H and O–H groups in total. The second kappa shape index (κ2) is 10.7. The molecule has 0 unspecified atom stereocenters. The third-order valence-corrected chi connectivity index (χ3v) is 8.55. The molecule has 0 bridgehead atoms. The number of ether oxygens (including phenoxy) is 2. The minimum absolute atomic E-state index is 0.0600. The Labute approximate surface area is 241 Å². The summed E-state index contributed by atoms with van der Waals surface area (Å²) in [6, 6.07) is 4.54. The highest BCUT2D eigenvalue weighted by Gasteiger charge is 2.62. The molecule has 11 nitrogen and oxygen atoms in total. The summed E-state index contributed by atoms with van der Waals surface area (Å²) in [7, 11) is 0. The van der Waals surface area contributed by atoms with Crippen LogP contribution in [-0.2, 0) is 9.47 Å². The highest BCUT2D eigenvalue weighted by Crippen LogP contribution is 2.43. The quantitative estimate of drug-likeness (QED) is 0.237. The molecule has 4 aromatic rings. The maximum absolute atomic E-state index is 13.8. The number of nitrogens with one attached hydrogen (secondary N) is 1. The first kappa shape index (κ1) is 28.1. The molecular weight excluding hydrogens is 635 g/mol. The Kier molecular flexibility index (Phi) is 7.34. The molecule has 2 saturated heterocycles. The van der Waals surface area contributed by atoms with E-state index < -0.39 is 66.1 Å². The fourth-order valence-electron chi connectivity index (χ4n) is 5.25. The first-order chi connectivity index (χ1) is 19.6. The van der Waals surface area contributed by atoms with E-state index in [1.165, 1.54) is 6.20 Å². The molecule has 6 atom stereocenters. The Morgan fingerprint density at radius 2 is 1.98 bits per heavy atom. The number of carbonyl (C=O) groups excluding carboxylic acids is 1. The van der Waals surface area contributed by atoms with E-state index >= 15 is 0 Å². The smallest absolute Gasteiger partial charge is 0.272 e. The summed E-state index contributed by atoms with van der Waals surface area (Å²) in [4.78, 5) is 13.3. The molecule has 16 heteroatoms. The lowest BCUT2D eigenvalue weighted by Crippen LogP contribution is -2.69. The number of nitrogens with zero attached hydrogens (tertiary/aromatic N) is 4. The van der Waals surface area contributed by atoms with Crippen LogP contribution in [0.1, 0.15) is 23.0 Å². The van der Waals surface area contributed by atoms with Crippen LogP contribution in [0.3, 0.4) is 0 Å². The van der Waals surface area contributed by atoms with Crippen molar-refractivity contribution in [3.63, 3.8) is 0 Å². The van der Waals surface area contributed by atoms with E-state index in [0.29, 0.717) is 5.39 Å². The monoisotopic (exact) mass is 655 g/mol. The predicted molar refractivity (Wildman–Crippen MR) is 140 cm³/mol. The van der Waals surface area contributed by atoms with Gasteiger partial charge in [-0.2, -0.15) is 4.37 Å². The van der Waals surface area contributed by atoms with Crippen molar-refractivity contribution in [2.75, 3.05) is 13.2 Å². The number of amides is 1. The van der Waals surface area contributed by atoms with E-state index in [2.05, 4.69) is 35.9 Å². The third kappa shape index (κ3) is 4.72. The number of fused-ring (bicyclic) bond motifs is 1. The molecule has 2 aromatic heterocycles. The van der Waals surface area contributed by atoms with Gasteiger partial charge < -0.3 is 30.1 Å². The Morgan fingerprint density at radius 3 is 2.71 bits per heavy atom. The lowest BCUT2D eigenvalue weighted by molar-refractivity contribution is -0.344. The van der Waals surface area contributed by atoms with Crippen LogP contribution in [0.25, 0.3) is 21.3 Å². The first-order valence-electron chi connectivity index (χ1n) is 12.3. The van der Waals surface area contributed by atoms with Crippen molar-refractivity contribution in [3.8, 4) is 11.3 Å². The Balaban J connectivity index is 1.31. The molecule has 4 heterocycles. The number of carbonyl (C=O) groups is 1. The number of hydrogen-bond acceptors (Lipinski definition) is 10. The second-order valence-corrected chi connectivity index (χ2v) is 11.4. The van der Waals surface area contributed by atoms with Gasteiger partial charge in [0.2, 0.25) is 5.79 Å². The summed E-state index contributed by atoms with van der Waals surface area (Å²) in [5, 5.41) is 43.8. The topological polar surface area (TPSA) is 152 Å². The van der Waals surface area contributed by atoms with Crippen LogP contribution in [0.2, 0.25) is 0 Å². The van der Waals surface area contributed by atoms with Gasteiger partial charge in [0.15, 0.2) is 17.5 Å². The van der Waals surface area contributed by atoms with Gasteiger partial charge in [0, 0.05) is 15.4 Å². The average Bonchev–Trinajstić information content (AvgIpc) is 3.68. The summed E-state index contributed by atoms with van der Waals surface area (Å²) >= 11 is 4.53. The zero-order chi connectivity index (χ0) is 29.1. The van der Waals surface area contributed by atoms with Crippen molar-refractivity contribution in [2.45, 2.75) is 42.6 Å². The molecular formula is C25H21BrF3N5O6S. The van der Waals surface area contributed by atoms with E-state index in [1.807, 2.05) is 6.07 Å². The van der Waals surface area contributed by atoms with Gasteiger partial charge in [0.05, 0.1) is 30.2 Å². The molecule has 0 radical (unpaired) electrons. The van der Waals surface area contributed by atoms with E-state index in [1.54, 1.807) is 12.1 Å². The molecule has 2 fully saturated rings. The summed E-state index contributed by atoms with van der Waals surface area (Å²) in [5.41, 5.74) is -0.0516. The summed E-state index contributed by atoms with van der Waals surface area (Å²) < 4.78 is 59.8. The van der Waals surface area contributed by atoms with Crippen molar-refractivity contribution in [2.24, 2.45) is 0 Å². The molecule has 2 aromatic carbocycles. The van der Waals surface area contributed by atoms with Gasteiger partial charge in [-0.05, 0) is 48.3 Å². The van der Waals surface area contributed by atoms with Crippen LogP contribution in [0, 0.1) is 17.5 Å². The third-order valence-electron chi connectivity index (χ3n) is 7.25. The van der Waals surface area contributed by atoms with Gasteiger partial charge >= 0.3 is 0 Å². The number of aliphatic hydroxyl groups excluding tert-OH is 3. The number of rotatable bonds is 5. The van der Waals surface area contributed by atoms with E-state index in [-0.39, 0.29) is 30.0 Å². The Hall–Kier alpha value is -2.99. The van der Waals surface area contributed by atoms with Crippen LogP contribution in [-0.4, -0.2) is 83.9 Å². The Morgan fingerprint density at radius 1 is 1.22 bits per heavy atom. The van der Waals surface area contributed by atoms with Crippen LogP contribution in [0.5, 0.6) is 0 Å². The lowest BCUT2D eigenvalue weighted by Gasteiger charge is -2.49. The van der Waals surface area contributed by atoms with Crippen molar-refractivity contribution in [3.05, 3.63) is 64.1 Å². The van der Waals surface area contributed by atoms with Gasteiger partial charge in [-0.1, -0.05) is 21.1 Å². The zero-order valence-electron chi connectivity index (χ0n) is 20.7. The molecule has 1 amide bonds. The molecule has 2 aliphatic rings. The maximum atomic E-state index is 13.8. The molecule has 0 saturated carbocycles. The van der Waals surface area contributed by atoms with Crippen molar-refractivity contribution in [1.29, 1.82) is 0 Å². The summed E-state index contributed by atoms with van der Waals surface area (Å²) in [6.07, 6.45) is -3.09. The van der Waals surface area contributed by atoms with E-state index in [9.17, 15) is 33.3 Å². The standard InChI is InChI=1S/C25H21BrF3N5O6S/c26-11-1-2-12-17(7-11)41-32-20(12)24(38)30-18-3-4-39-25(18)23(37)21(22(36)16(9-35)40-25)34-8-15(31-33-34)10-5-13(27)19(29)14(28)6-10/h1-2,5-8,16,18,21-23,35-37H,3-4,9H2,(H,30,38)/t16-,18-,21+,22+,23-,25+/m1/s1. The SMILES string of the molecule is O=C(N[C@@H]1CCO[C@]12O[C@H](CO)[C@H](O)[C@H](n1cc(-c3cc(F)c(F)c(F)c3)nn1)[C@H]2O)c1nsc2cc(Br)ccc12. The minimum Gasteiger partial charge on any atom is -0.394 e. The number of halogens is 4. The van der Waals surface area contributed by atoms with Crippen LogP contribution in [0.4, 0.5) is 13.2 Å². The molecule has 1 spiro atoms. The van der Waals surface area contributed by atoms with Crippen molar-refractivity contribution >= 4 is 43.5 Å². The van der Waals surface area contributed by atoms with Crippen molar-refractivity contribution in [1.82, 2.24) is 24.7 Å². The normalized spacial score (nSPS) is 28.0. The molecule has 0 aliphatic carbocycles. The van der Waals surface area contributed by atoms with Crippen LogP contribution < -0.4 is 5.32 Å². The van der Waals surface area contributed by atoms with E-state index in [0.717, 1.165) is 37.5 Å². The van der Waals surface area contributed by atoms with E-state index in [4.69, 9.17) is 9.47 Å². The highest BCUT2D eigenvalue weighted by atomic mass is 79.9.